The lowest BCUT2D eigenvalue weighted by atomic mass is 10.00. The summed E-state index contributed by atoms with van der Waals surface area (Å²) in [5.74, 6) is 0.728. The minimum atomic E-state index is 0.312. The predicted molar refractivity (Wildman–Crippen MR) is 53.4 cm³/mol. The maximum absolute atomic E-state index is 5.30. The first-order valence-corrected chi connectivity index (χ1v) is 4.88. The van der Waals surface area contributed by atoms with Gasteiger partial charge < -0.3 is 10.1 Å². The Balaban J connectivity index is 3.84. The Morgan fingerprint density at radius 3 is 2.17 bits per heavy atom. The first kappa shape index (κ1) is 11.9. The van der Waals surface area contributed by atoms with Crippen molar-refractivity contribution < 1.29 is 4.74 Å². The average Bonchev–Trinajstić information content (AvgIpc) is 2.01. The largest absolute Gasteiger partial charge is 0.380 e. The van der Waals surface area contributed by atoms with Gasteiger partial charge in [-0.05, 0) is 25.8 Å². The maximum atomic E-state index is 5.30. The molecule has 2 nitrogen and oxygen atoms in total. The van der Waals surface area contributed by atoms with Gasteiger partial charge in [0.1, 0.15) is 0 Å². The molecule has 2 atom stereocenters. The summed E-state index contributed by atoms with van der Waals surface area (Å²) in [5, 5.41) is 3.44. The van der Waals surface area contributed by atoms with Crippen LogP contribution in [-0.2, 0) is 4.74 Å². The van der Waals surface area contributed by atoms with Crippen molar-refractivity contribution in [2.24, 2.45) is 5.92 Å². The highest BCUT2D eigenvalue weighted by molar-refractivity contribution is 4.74. The molecule has 0 aromatic heterocycles. The average molecular weight is 173 g/mol. The van der Waals surface area contributed by atoms with E-state index in [9.17, 15) is 0 Å². The lowest BCUT2D eigenvalue weighted by Crippen LogP contribution is -2.40. The first-order chi connectivity index (χ1) is 5.61. The molecule has 0 aliphatic rings. The highest BCUT2D eigenvalue weighted by Gasteiger charge is 2.16. The van der Waals surface area contributed by atoms with Gasteiger partial charge in [0.15, 0.2) is 0 Å². The summed E-state index contributed by atoms with van der Waals surface area (Å²) in [5.41, 5.74) is 0. The molecular formula is C10H23NO. The number of nitrogens with one attached hydrogen (secondary N) is 1. The molecule has 74 valence electrons. The van der Waals surface area contributed by atoms with Crippen molar-refractivity contribution in [1.82, 2.24) is 5.32 Å². The van der Waals surface area contributed by atoms with Crippen LogP contribution < -0.4 is 5.32 Å². The van der Waals surface area contributed by atoms with E-state index in [1.807, 2.05) is 0 Å². The van der Waals surface area contributed by atoms with Gasteiger partial charge in [0.2, 0.25) is 0 Å². The van der Waals surface area contributed by atoms with Gasteiger partial charge in [0, 0.05) is 13.2 Å². The highest BCUT2D eigenvalue weighted by Crippen LogP contribution is 2.09. The summed E-state index contributed by atoms with van der Waals surface area (Å²) in [6.45, 7) is 9.76. The Hall–Kier alpha value is -0.0800. The van der Waals surface area contributed by atoms with Gasteiger partial charge in [-0.1, -0.05) is 20.8 Å². The fraction of sp³-hybridized carbons (Fsp3) is 1.00. The normalized spacial score (nSPS) is 16.5. The van der Waals surface area contributed by atoms with Crippen LogP contribution in [0.5, 0.6) is 0 Å². The van der Waals surface area contributed by atoms with Crippen molar-refractivity contribution in [1.29, 1.82) is 0 Å². The fourth-order valence-electron chi connectivity index (χ4n) is 1.38. The van der Waals surface area contributed by atoms with Crippen molar-refractivity contribution in [3.8, 4) is 0 Å². The molecule has 0 bridgehead atoms. The van der Waals surface area contributed by atoms with Crippen LogP contribution in [0.3, 0.4) is 0 Å². The minimum absolute atomic E-state index is 0.312. The molecule has 1 N–H and O–H groups in total. The van der Waals surface area contributed by atoms with Crippen LogP contribution in [0.1, 0.15) is 34.1 Å². The molecule has 0 saturated heterocycles. The molecule has 2 unspecified atom stereocenters. The molecule has 12 heavy (non-hydrogen) atoms. The van der Waals surface area contributed by atoms with Gasteiger partial charge in [0.05, 0.1) is 6.10 Å². The number of methoxy groups -OCH3 is 1. The molecule has 0 aliphatic carbocycles. The third kappa shape index (κ3) is 4.73. The summed E-state index contributed by atoms with van der Waals surface area (Å²) in [7, 11) is 1.77. The van der Waals surface area contributed by atoms with E-state index in [1.54, 1.807) is 7.11 Å². The van der Waals surface area contributed by atoms with Crippen LogP contribution in [0.15, 0.2) is 0 Å². The molecule has 0 amide bonds. The van der Waals surface area contributed by atoms with Gasteiger partial charge >= 0.3 is 0 Å². The van der Waals surface area contributed by atoms with Crippen molar-refractivity contribution in [3.05, 3.63) is 0 Å². The Kier molecular flexibility index (Phi) is 6.39. The van der Waals surface area contributed by atoms with Crippen LogP contribution in [0.25, 0.3) is 0 Å². The molecule has 0 aliphatic heterocycles. The second-order valence-corrected chi connectivity index (χ2v) is 3.73. The van der Waals surface area contributed by atoms with Crippen molar-refractivity contribution in [2.45, 2.75) is 46.3 Å². The topological polar surface area (TPSA) is 21.3 Å². The Bertz CT molecular complexity index is 104. The molecule has 0 aromatic carbocycles. The zero-order valence-electron chi connectivity index (χ0n) is 9.05. The molecule has 0 radical (unpaired) electrons. The number of ether oxygens (including phenoxy) is 1. The van der Waals surface area contributed by atoms with Gasteiger partial charge in [-0.25, -0.2) is 0 Å². The highest BCUT2D eigenvalue weighted by atomic mass is 16.5. The Labute approximate surface area is 76.7 Å². The molecule has 0 heterocycles. The van der Waals surface area contributed by atoms with Crippen LogP contribution >= 0.6 is 0 Å². The monoisotopic (exact) mass is 173 g/mol. The van der Waals surface area contributed by atoms with Crippen molar-refractivity contribution >= 4 is 0 Å². The number of hydrogen-bond acceptors (Lipinski definition) is 2. The third-order valence-corrected chi connectivity index (χ3v) is 2.13. The third-order valence-electron chi connectivity index (χ3n) is 2.13. The van der Waals surface area contributed by atoms with E-state index in [0.717, 1.165) is 12.5 Å². The lowest BCUT2D eigenvalue weighted by molar-refractivity contribution is 0.0762. The van der Waals surface area contributed by atoms with Gasteiger partial charge in [0.25, 0.3) is 0 Å². The van der Waals surface area contributed by atoms with Crippen LogP contribution in [0.4, 0.5) is 0 Å². The molecule has 0 saturated carbocycles. The smallest absolute Gasteiger partial charge is 0.0696 e. The van der Waals surface area contributed by atoms with E-state index in [4.69, 9.17) is 4.74 Å². The fourth-order valence-corrected chi connectivity index (χ4v) is 1.38. The van der Waals surface area contributed by atoms with Crippen molar-refractivity contribution in [2.75, 3.05) is 13.7 Å². The lowest BCUT2D eigenvalue weighted by Gasteiger charge is -2.25. The van der Waals surface area contributed by atoms with E-state index in [-0.39, 0.29) is 0 Å². The quantitative estimate of drug-likeness (QED) is 0.663. The minimum Gasteiger partial charge on any atom is -0.380 e. The molecule has 2 heteroatoms. The zero-order valence-corrected chi connectivity index (χ0v) is 9.05. The predicted octanol–water partition coefficient (Wildman–Crippen LogP) is 2.05. The van der Waals surface area contributed by atoms with E-state index < -0.39 is 0 Å². The SMILES string of the molecule is CCNC(CC(C)C)C(C)OC. The van der Waals surface area contributed by atoms with Gasteiger partial charge in [-0.2, -0.15) is 0 Å². The standard InChI is InChI=1S/C10H23NO/c1-6-11-10(7-8(2)3)9(4)12-5/h8-11H,6-7H2,1-5H3. The van der Waals surface area contributed by atoms with Crippen LogP contribution in [0.2, 0.25) is 0 Å². The summed E-state index contributed by atoms with van der Waals surface area (Å²) in [6, 6.07) is 0.500. The first-order valence-electron chi connectivity index (χ1n) is 4.88. The zero-order chi connectivity index (χ0) is 9.56. The molecule has 0 fully saturated rings. The maximum Gasteiger partial charge on any atom is 0.0696 e. The summed E-state index contributed by atoms with van der Waals surface area (Å²) < 4.78 is 5.30. The second kappa shape index (κ2) is 6.44. The molecule has 0 spiro atoms. The molecule has 0 rings (SSSR count). The van der Waals surface area contributed by atoms with Gasteiger partial charge in [-0.15, -0.1) is 0 Å². The van der Waals surface area contributed by atoms with Crippen LogP contribution in [0, 0.1) is 5.92 Å². The van der Waals surface area contributed by atoms with E-state index in [0.29, 0.717) is 12.1 Å². The van der Waals surface area contributed by atoms with E-state index >= 15 is 0 Å². The van der Waals surface area contributed by atoms with E-state index in [2.05, 4.69) is 33.0 Å². The van der Waals surface area contributed by atoms with Crippen LogP contribution in [-0.4, -0.2) is 25.8 Å². The summed E-state index contributed by atoms with van der Waals surface area (Å²) >= 11 is 0. The second-order valence-electron chi connectivity index (χ2n) is 3.73. The van der Waals surface area contributed by atoms with Gasteiger partial charge in [-0.3, -0.25) is 0 Å². The Morgan fingerprint density at radius 2 is 1.83 bits per heavy atom. The molecular weight excluding hydrogens is 150 g/mol. The van der Waals surface area contributed by atoms with Crippen molar-refractivity contribution in [3.63, 3.8) is 0 Å². The number of rotatable bonds is 6. The molecule has 0 aromatic rings. The van der Waals surface area contributed by atoms with E-state index in [1.165, 1.54) is 6.42 Å². The Morgan fingerprint density at radius 1 is 1.25 bits per heavy atom. The summed E-state index contributed by atoms with van der Waals surface area (Å²) in [4.78, 5) is 0. The summed E-state index contributed by atoms with van der Waals surface area (Å²) in [6.07, 6.45) is 1.50. The number of likely N-dealkylation sites (N-methyl/N-ethyl adjacent to an activating group) is 1. The number of hydrogen-bond donors (Lipinski definition) is 1.